The molecule has 0 radical (unpaired) electrons. The third kappa shape index (κ3) is 2.87. The molecule has 0 saturated carbocycles. The Morgan fingerprint density at radius 3 is 2.57 bits per heavy atom. The number of tetrazole rings is 1. The predicted octanol–water partition coefficient (Wildman–Crippen LogP) is 1.92. The van der Waals surface area contributed by atoms with E-state index in [1.165, 1.54) is 11.6 Å². The van der Waals surface area contributed by atoms with E-state index in [1.807, 2.05) is 19.9 Å². The normalized spacial score (nSPS) is 13.0. The minimum absolute atomic E-state index is 0.0559. The summed E-state index contributed by atoms with van der Waals surface area (Å²) in [6, 6.07) is 1.57. The molecule has 0 unspecified atom stereocenters. The summed E-state index contributed by atoms with van der Waals surface area (Å²) in [5.74, 6) is 0.0247. The lowest BCUT2D eigenvalue weighted by atomic mass is 10.1. The second kappa shape index (κ2) is 6.91. The molecular weight excluding hydrogens is 300 g/mol. The van der Waals surface area contributed by atoms with Crippen LogP contribution >= 0.6 is 0 Å². The van der Waals surface area contributed by atoms with Crippen molar-refractivity contribution >= 4 is 17.7 Å². The number of carboxylic acid groups (broad SMARTS) is 1. The number of fused-ring (bicyclic) bond motifs is 3. The van der Waals surface area contributed by atoms with Gasteiger partial charge in [0, 0.05) is 6.08 Å². The number of hydrogen-bond donors (Lipinski definition) is 1. The molecule has 0 fully saturated rings. The van der Waals surface area contributed by atoms with Crippen LogP contribution in [0.1, 0.15) is 35.5 Å². The van der Waals surface area contributed by atoms with Crippen LogP contribution in [0.2, 0.25) is 0 Å². The summed E-state index contributed by atoms with van der Waals surface area (Å²) in [5.41, 5.74) is 1.68. The minimum atomic E-state index is -1.08. The summed E-state index contributed by atoms with van der Waals surface area (Å²) in [4.78, 5) is 11.3. The molecule has 122 valence electrons. The lowest BCUT2D eigenvalue weighted by Gasteiger charge is -2.08. The molecule has 1 N–H and O–H groups in total. The highest BCUT2D eigenvalue weighted by Crippen LogP contribution is 2.26. The molecule has 2 heterocycles. The standard InChI is InChI=1S/C13H12N4O4.C2H6/c1-20-10-4-3-7-5-8(13(18)19)12-14-15-16-17(12)9(7)6-11(10)21-2;1-2/h4-6H,3H2,1-2H3,(H,18,19);1-2H3. The average Bonchev–Trinajstić information content (AvgIpc) is 2.98. The number of hydrogen-bond acceptors (Lipinski definition) is 6. The first kappa shape index (κ1) is 16.5. The van der Waals surface area contributed by atoms with E-state index in [0.717, 1.165) is 5.56 Å². The fourth-order valence-corrected chi connectivity index (χ4v) is 2.28. The van der Waals surface area contributed by atoms with Crippen molar-refractivity contribution in [2.75, 3.05) is 14.2 Å². The van der Waals surface area contributed by atoms with Crippen LogP contribution in [0.4, 0.5) is 0 Å². The molecule has 0 spiro atoms. The SMILES string of the molecule is CC.COC1=CCc2cc(C(=O)O)c3nnnn3c2C=C1OC. The van der Waals surface area contributed by atoms with Crippen LogP contribution in [0.15, 0.2) is 23.7 Å². The van der Waals surface area contributed by atoms with Gasteiger partial charge in [0.1, 0.15) is 5.56 Å². The molecule has 0 atom stereocenters. The van der Waals surface area contributed by atoms with Crippen LogP contribution in [-0.2, 0) is 15.9 Å². The zero-order valence-corrected chi connectivity index (χ0v) is 13.4. The van der Waals surface area contributed by atoms with Crippen molar-refractivity contribution in [3.05, 3.63) is 40.5 Å². The van der Waals surface area contributed by atoms with E-state index in [1.54, 1.807) is 19.3 Å². The highest BCUT2D eigenvalue weighted by molar-refractivity contribution is 5.95. The summed E-state index contributed by atoms with van der Waals surface area (Å²) in [5, 5.41) is 20.5. The van der Waals surface area contributed by atoms with E-state index in [4.69, 9.17) is 9.47 Å². The minimum Gasteiger partial charge on any atom is -0.493 e. The first-order valence-electron chi connectivity index (χ1n) is 7.13. The number of pyridine rings is 1. The van der Waals surface area contributed by atoms with Gasteiger partial charge in [0.05, 0.1) is 19.9 Å². The Morgan fingerprint density at radius 2 is 1.96 bits per heavy atom. The van der Waals surface area contributed by atoms with Gasteiger partial charge in [-0.1, -0.05) is 13.8 Å². The number of ether oxygens (including phenoxy) is 2. The summed E-state index contributed by atoms with van der Waals surface area (Å²) < 4.78 is 12.0. The molecule has 23 heavy (non-hydrogen) atoms. The fourth-order valence-electron chi connectivity index (χ4n) is 2.28. The molecule has 2 aromatic heterocycles. The number of allylic oxidation sites excluding steroid dienone is 1. The van der Waals surface area contributed by atoms with Gasteiger partial charge in [-0.25, -0.2) is 4.79 Å². The largest absolute Gasteiger partial charge is 0.493 e. The summed E-state index contributed by atoms with van der Waals surface area (Å²) in [6.45, 7) is 4.00. The highest BCUT2D eigenvalue weighted by Gasteiger charge is 2.21. The maximum atomic E-state index is 11.3. The molecule has 8 nitrogen and oxygen atoms in total. The summed E-state index contributed by atoms with van der Waals surface area (Å²) in [6.07, 6.45) is 4.04. The molecule has 1 aliphatic rings. The lowest BCUT2D eigenvalue weighted by Crippen LogP contribution is -2.07. The van der Waals surface area contributed by atoms with Gasteiger partial charge >= 0.3 is 5.97 Å². The molecule has 2 aromatic rings. The number of aromatic nitrogens is 4. The topological polar surface area (TPSA) is 98.8 Å². The average molecular weight is 318 g/mol. The molecular formula is C15H18N4O4. The van der Waals surface area contributed by atoms with Crippen molar-refractivity contribution in [2.45, 2.75) is 20.3 Å². The van der Waals surface area contributed by atoms with E-state index in [2.05, 4.69) is 15.5 Å². The Kier molecular flexibility index (Phi) is 4.95. The monoisotopic (exact) mass is 318 g/mol. The molecule has 0 aromatic carbocycles. The van der Waals surface area contributed by atoms with Gasteiger partial charge in [-0.05, 0) is 34.6 Å². The zero-order chi connectivity index (χ0) is 17.0. The van der Waals surface area contributed by atoms with E-state index >= 15 is 0 Å². The van der Waals surface area contributed by atoms with Crippen LogP contribution < -0.4 is 0 Å². The Morgan fingerprint density at radius 1 is 1.26 bits per heavy atom. The van der Waals surface area contributed by atoms with Gasteiger partial charge in [-0.15, -0.1) is 5.10 Å². The first-order valence-corrected chi connectivity index (χ1v) is 7.13. The van der Waals surface area contributed by atoms with Crippen LogP contribution in [0.25, 0.3) is 11.7 Å². The van der Waals surface area contributed by atoms with Gasteiger partial charge in [-0.2, -0.15) is 4.52 Å². The molecule has 0 bridgehead atoms. The van der Waals surface area contributed by atoms with Crippen molar-refractivity contribution in [1.82, 2.24) is 20.0 Å². The molecule has 1 aliphatic carbocycles. The van der Waals surface area contributed by atoms with E-state index < -0.39 is 5.97 Å². The Balaban J connectivity index is 0.000000924. The van der Waals surface area contributed by atoms with E-state index in [0.29, 0.717) is 23.6 Å². The Bertz CT molecular complexity index is 792. The Hall–Kier alpha value is -2.90. The number of nitrogens with zero attached hydrogens (tertiary/aromatic N) is 4. The molecule has 0 amide bonds. The number of aromatic carboxylic acids is 1. The van der Waals surface area contributed by atoms with Crippen LogP contribution in [-0.4, -0.2) is 45.3 Å². The van der Waals surface area contributed by atoms with Crippen LogP contribution in [0, 0.1) is 0 Å². The zero-order valence-electron chi connectivity index (χ0n) is 13.4. The second-order valence-electron chi connectivity index (χ2n) is 4.38. The number of carbonyl (C=O) groups is 1. The molecule has 0 aliphatic heterocycles. The summed E-state index contributed by atoms with van der Waals surface area (Å²) in [7, 11) is 3.08. The van der Waals surface area contributed by atoms with Crippen molar-refractivity contribution < 1.29 is 19.4 Å². The number of carboxylic acids is 1. The first-order chi connectivity index (χ1) is 11.2. The summed E-state index contributed by atoms with van der Waals surface area (Å²) >= 11 is 0. The van der Waals surface area contributed by atoms with Crippen LogP contribution in [0.3, 0.4) is 0 Å². The number of rotatable bonds is 3. The molecule has 3 rings (SSSR count). The fraction of sp³-hybridized carbons (Fsp3) is 0.333. The van der Waals surface area contributed by atoms with Crippen molar-refractivity contribution in [1.29, 1.82) is 0 Å². The quantitative estimate of drug-likeness (QED) is 0.923. The predicted molar refractivity (Wildman–Crippen MR) is 82.9 cm³/mol. The smallest absolute Gasteiger partial charge is 0.339 e. The third-order valence-electron chi connectivity index (χ3n) is 3.27. The van der Waals surface area contributed by atoms with Gasteiger partial charge in [0.2, 0.25) is 0 Å². The lowest BCUT2D eigenvalue weighted by molar-refractivity contribution is 0.0698. The maximum Gasteiger partial charge on any atom is 0.339 e. The second-order valence-corrected chi connectivity index (χ2v) is 4.38. The molecule has 0 saturated heterocycles. The van der Waals surface area contributed by atoms with E-state index in [-0.39, 0.29) is 11.2 Å². The highest BCUT2D eigenvalue weighted by atomic mass is 16.5. The van der Waals surface area contributed by atoms with Gasteiger partial charge in [0.25, 0.3) is 0 Å². The van der Waals surface area contributed by atoms with Gasteiger partial charge in [-0.3, -0.25) is 0 Å². The molecule has 8 heteroatoms. The van der Waals surface area contributed by atoms with Crippen molar-refractivity contribution in [2.24, 2.45) is 0 Å². The number of methoxy groups -OCH3 is 2. The van der Waals surface area contributed by atoms with Gasteiger partial charge in [0.15, 0.2) is 17.2 Å². The third-order valence-corrected chi connectivity index (χ3v) is 3.27. The van der Waals surface area contributed by atoms with Gasteiger partial charge < -0.3 is 14.6 Å². The van der Waals surface area contributed by atoms with Crippen molar-refractivity contribution in [3.63, 3.8) is 0 Å². The Labute approximate surface area is 133 Å². The van der Waals surface area contributed by atoms with E-state index in [9.17, 15) is 9.90 Å². The van der Waals surface area contributed by atoms with Crippen molar-refractivity contribution in [3.8, 4) is 0 Å². The van der Waals surface area contributed by atoms with Crippen LogP contribution in [0.5, 0.6) is 0 Å². The maximum absolute atomic E-state index is 11.3.